The minimum absolute atomic E-state index is 0.576. The number of aliphatic hydroxyl groups excluding tert-OH is 1. The number of hydrogen-bond donors (Lipinski definition) is 1. The van der Waals surface area contributed by atoms with Gasteiger partial charge in [-0.1, -0.05) is 47.5 Å². The van der Waals surface area contributed by atoms with Gasteiger partial charge in [0.2, 0.25) is 0 Å². The smallest absolute Gasteiger partial charge is 0.0780 e. The van der Waals surface area contributed by atoms with Crippen LogP contribution < -0.4 is 0 Å². The van der Waals surface area contributed by atoms with Gasteiger partial charge in [0, 0.05) is 27.4 Å². The maximum absolute atomic E-state index is 9.86. The highest BCUT2D eigenvalue weighted by Crippen LogP contribution is 2.33. The molecule has 1 heterocycles. The van der Waals surface area contributed by atoms with E-state index in [0.29, 0.717) is 10.0 Å². The predicted molar refractivity (Wildman–Crippen MR) is 95.8 cm³/mol. The van der Waals surface area contributed by atoms with Crippen LogP contribution in [0.4, 0.5) is 0 Å². The molecule has 0 fully saturated rings. The third-order valence-electron chi connectivity index (χ3n) is 3.66. The van der Waals surface area contributed by atoms with E-state index < -0.39 is 6.10 Å². The number of aromatic nitrogens is 1. The van der Waals surface area contributed by atoms with Gasteiger partial charge in [-0.3, -0.25) is 4.98 Å². The lowest BCUT2D eigenvalue weighted by atomic mass is 9.97. The van der Waals surface area contributed by atoms with Crippen LogP contribution in [-0.2, 0) is 0 Å². The number of hydrogen-bond acceptors (Lipinski definition) is 2. The summed E-state index contributed by atoms with van der Waals surface area (Å²) in [6, 6.07) is 17.1. The van der Waals surface area contributed by atoms with Gasteiger partial charge in [-0.15, -0.1) is 0 Å². The molecule has 23 heavy (non-hydrogen) atoms. The summed E-state index contributed by atoms with van der Waals surface area (Å²) in [6.07, 6.45) is 1.13. The molecular weight excluding hydrogens is 329 g/mol. The highest BCUT2D eigenvalue weighted by Gasteiger charge is 2.12. The second-order valence-electron chi connectivity index (χ2n) is 5.35. The molecule has 3 rings (SSSR count). The van der Waals surface area contributed by atoms with Crippen molar-refractivity contribution in [3.63, 3.8) is 0 Å². The van der Waals surface area contributed by atoms with Gasteiger partial charge in [0.25, 0.3) is 0 Å². The summed E-state index contributed by atoms with van der Waals surface area (Å²) >= 11 is 12.0. The van der Waals surface area contributed by atoms with Crippen molar-refractivity contribution in [2.24, 2.45) is 0 Å². The van der Waals surface area contributed by atoms with E-state index in [1.165, 1.54) is 0 Å². The fraction of sp³-hybridized carbons (Fsp3) is 0.105. The maximum atomic E-state index is 9.86. The van der Waals surface area contributed by atoms with Gasteiger partial charge in [0.1, 0.15) is 0 Å². The number of halogens is 2. The summed E-state index contributed by atoms with van der Waals surface area (Å²) in [6.45, 7) is 1.73. The second kappa shape index (κ2) is 6.71. The third kappa shape index (κ3) is 3.56. The minimum Gasteiger partial charge on any atom is -0.389 e. The van der Waals surface area contributed by atoms with E-state index in [-0.39, 0.29) is 0 Å². The van der Waals surface area contributed by atoms with Crippen molar-refractivity contribution in [2.45, 2.75) is 13.0 Å². The molecule has 2 aromatic carbocycles. The predicted octanol–water partition coefficient (Wildman–Crippen LogP) is 5.78. The average Bonchev–Trinajstić information content (AvgIpc) is 2.56. The molecule has 1 unspecified atom stereocenters. The number of rotatable bonds is 3. The van der Waals surface area contributed by atoms with Crippen molar-refractivity contribution < 1.29 is 5.11 Å². The zero-order chi connectivity index (χ0) is 16.4. The van der Waals surface area contributed by atoms with Gasteiger partial charge >= 0.3 is 0 Å². The van der Waals surface area contributed by atoms with E-state index in [2.05, 4.69) is 4.98 Å². The first-order valence-corrected chi connectivity index (χ1v) is 8.00. The topological polar surface area (TPSA) is 33.1 Å². The van der Waals surface area contributed by atoms with E-state index in [1.54, 1.807) is 13.1 Å². The summed E-state index contributed by atoms with van der Waals surface area (Å²) in [5.74, 6) is 0. The van der Waals surface area contributed by atoms with E-state index >= 15 is 0 Å². The average molecular weight is 344 g/mol. The van der Waals surface area contributed by atoms with Crippen LogP contribution in [0.5, 0.6) is 0 Å². The number of aliphatic hydroxyl groups is 1. The molecule has 1 aromatic heterocycles. The molecule has 0 aliphatic heterocycles. The van der Waals surface area contributed by atoms with Crippen LogP contribution in [0.25, 0.3) is 22.4 Å². The van der Waals surface area contributed by atoms with Crippen molar-refractivity contribution in [3.05, 3.63) is 76.4 Å². The largest absolute Gasteiger partial charge is 0.389 e. The molecule has 0 saturated carbocycles. The van der Waals surface area contributed by atoms with Crippen LogP contribution >= 0.6 is 23.2 Å². The van der Waals surface area contributed by atoms with Crippen LogP contribution in [-0.4, -0.2) is 10.1 Å². The second-order valence-corrected chi connectivity index (χ2v) is 6.23. The van der Waals surface area contributed by atoms with Crippen molar-refractivity contribution in [1.29, 1.82) is 0 Å². The fourth-order valence-electron chi connectivity index (χ4n) is 2.40. The van der Waals surface area contributed by atoms with Crippen LogP contribution in [0.2, 0.25) is 10.0 Å². The summed E-state index contributed by atoms with van der Waals surface area (Å²) in [4.78, 5) is 4.56. The molecule has 1 atom stereocenters. The van der Waals surface area contributed by atoms with Gasteiger partial charge in [-0.25, -0.2) is 0 Å². The van der Waals surface area contributed by atoms with E-state index in [4.69, 9.17) is 23.2 Å². The minimum atomic E-state index is -0.576. The standard InChI is InChI=1S/C19H15Cl2NO/c1-12(23)15-10-18(13-2-6-16(20)7-3-13)19(22-11-15)14-4-8-17(21)9-5-14/h2-12,23H,1H3. The van der Waals surface area contributed by atoms with Gasteiger partial charge in [0.15, 0.2) is 0 Å². The lowest BCUT2D eigenvalue weighted by molar-refractivity contribution is 0.199. The SMILES string of the molecule is CC(O)c1cnc(-c2ccc(Cl)cc2)c(-c2ccc(Cl)cc2)c1. The Balaban J connectivity index is 2.18. The van der Waals surface area contributed by atoms with Crippen LogP contribution in [0, 0.1) is 0 Å². The van der Waals surface area contributed by atoms with Gasteiger partial charge in [-0.05, 0) is 48.4 Å². The molecular formula is C19H15Cl2NO. The van der Waals surface area contributed by atoms with Crippen molar-refractivity contribution >= 4 is 23.2 Å². The first-order chi connectivity index (χ1) is 11.0. The lowest BCUT2D eigenvalue weighted by Crippen LogP contribution is -1.96. The molecule has 0 aliphatic rings. The molecule has 0 amide bonds. The molecule has 0 aliphatic carbocycles. The highest BCUT2D eigenvalue weighted by molar-refractivity contribution is 6.31. The molecule has 0 spiro atoms. The molecule has 3 aromatic rings. The summed E-state index contributed by atoms with van der Waals surface area (Å²) in [5.41, 5.74) is 4.52. The monoisotopic (exact) mass is 343 g/mol. The highest BCUT2D eigenvalue weighted by atomic mass is 35.5. The Bertz CT molecular complexity index is 812. The van der Waals surface area contributed by atoms with Gasteiger partial charge < -0.3 is 5.11 Å². The molecule has 1 N–H and O–H groups in total. The third-order valence-corrected chi connectivity index (χ3v) is 4.17. The molecule has 116 valence electrons. The Kier molecular flexibility index (Phi) is 4.67. The maximum Gasteiger partial charge on any atom is 0.0780 e. The Morgan fingerprint density at radius 2 is 1.39 bits per heavy atom. The van der Waals surface area contributed by atoms with E-state index in [9.17, 15) is 5.11 Å². The normalized spacial score (nSPS) is 12.2. The van der Waals surface area contributed by atoms with Crippen LogP contribution in [0.15, 0.2) is 60.8 Å². The number of pyridine rings is 1. The molecule has 0 bridgehead atoms. The first-order valence-electron chi connectivity index (χ1n) is 7.24. The van der Waals surface area contributed by atoms with Crippen molar-refractivity contribution in [3.8, 4) is 22.4 Å². The quantitative estimate of drug-likeness (QED) is 0.654. The summed E-state index contributed by atoms with van der Waals surface area (Å²) < 4.78 is 0. The van der Waals surface area contributed by atoms with Crippen molar-refractivity contribution in [2.75, 3.05) is 0 Å². The Labute approximate surface area is 145 Å². The lowest BCUT2D eigenvalue weighted by Gasteiger charge is -2.13. The summed E-state index contributed by atoms with van der Waals surface area (Å²) in [5, 5.41) is 11.2. The van der Waals surface area contributed by atoms with Gasteiger partial charge in [-0.2, -0.15) is 0 Å². The number of benzene rings is 2. The molecule has 4 heteroatoms. The first kappa shape index (κ1) is 16.0. The van der Waals surface area contributed by atoms with Gasteiger partial charge in [0.05, 0.1) is 11.8 Å². The molecule has 0 radical (unpaired) electrons. The molecule has 2 nitrogen and oxygen atoms in total. The van der Waals surface area contributed by atoms with Crippen molar-refractivity contribution in [1.82, 2.24) is 4.98 Å². The summed E-state index contributed by atoms with van der Waals surface area (Å²) in [7, 11) is 0. The van der Waals surface area contributed by atoms with Crippen LogP contribution in [0.1, 0.15) is 18.6 Å². The molecule has 0 saturated heterocycles. The Hall–Kier alpha value is -1.87. The fourth-order valence-corrected chi connectivity index (χ4v) is 2.65. The number of nitrogens with zero attached hydrogens (tertiary/aromatic N) is 1. The zero-order valence-corrected chi connectivity index (χ0v) is 14.0. The Morgan fingerprint density at radius 1 is 0.870 bits per heavy atom. The van der Waals surface area contributed by atoms with Crippen LogP contribution in [0.3, 0.4) is 0 Å². The zero-order valence-electron chi connectivity index (χ0n) is 12.5. The Morgan fingerprint density at radius 3 is 1.91 bits per heavy atom. The van der Waals surface area contributed by atoms with E-state index in [0.717, 1.165) is 27.9 Å². The van der Waals surface area contributed by atoms with E-state index in [1.807, 2.05) is 54.6 Å².